The van der Waals surface area contributed by atoms with Crippen LogP contribution in [0, 0.1) is 15.3 Å². The van der Waals surface area contributed by atoms with Gasteiger partial charge < -0.3 is 10.6 Å². The maximum absolute atomic E-state index is 13.0. The van der Waals surface area contributed by atoms with Crippen molar-refractivity contribution in [2.24, 2.45) is 5.92 Å². The van der Waals surface area contributed by atoms with E-state index in [1.807, 2.05) is 22.6 Å². The lowest BCUT2D eigenvalue weighted by Gasteiger charge is -2.27. The first-order valence-electron chi connectivity index (χ1n) is 6.05. The summed E-state index contributed by atoms with van der Waals surface area (Å²) in [6, 6.07) is 4.77. The Labute approximate surface area is 120 Å². The molecule has 1 fully saturated rings. The van der Waals surface area contributed by atoms with Crippen LogP contribution < -0.4 is 10.6 Å². The summed E-state index contributed by atoms with van der Waals surface area (Å²) in [4.78, 5) is 12.1. The van der Waals surface area contributed by atoms with Crippen molar-refractivity contribution in [1.29, 1.82) is 0 Å². The zero-order valence-corrected chi connectivity index (χ0v) is 12.3. The second-order valence-electron chi connectivity index (χ2n) is 4.69. The molecule has 0 saturated carbocycles. The lowest BCUT2D eigenvalue weighted by Crippen LogP contribution is -2.40. The molecule has 3 nitrogen and oxygen atoms in total. The van der Waals surface area contributed by atoms with Gasteiger partial charge in [0, 0.05) is 15.5 Å². The summed E-state index contributed by atoms with van der Waals surface area (Å²) < 4.78 is 13.7. The summed E-state index contributed by atoms with van der Waals surface area (Å²) >= 11 is 2.03. The van der Waals surface area contributed by atoms with E-state index in [9.17, 15) is 9.18 Å². The third-order valence-electron chi connectivity index (χ3n) is 3.18. The van der Waals surface area contributed by atoms with E-state index in [2.05, 4.69) is 17.6 Å². The summed E-state index contributed by atoms with van der Waals surface area (Å²) in [6.07, 6.45) is 1.71. The van der Waals surface area contributed by atoms with Gasteiger partial charge in [-0.05, 0) is 67.1 Å². The molecule has 1 heterocycles. The molecule has 1 aromatic rings. The molecule has 98 valence electrons. The summed E-state index contributed by atoms with van der Waals surface area (Å²) in [7, 11) is 0. The first-order valence-corrected chi connectivity index (χ1v) is 7.13. The predicted octanol–water partition coefficient (Wildman–Crippen LogP) is 2.76. The molecule has 5 heteroatoms. The number of carbonyl (C=O) groups excluding carboxylic acids is 1. The number of carbonyl (C=O) groups is 1. The van der Waals surface area contributed by atoms with Crippen LogP contribution in [0.5, 0.6) is 0 Å². The molecule has 0 bridgehead atoms. The molecule has 0 aromatic heterocycles. The van der Waals surface area contributed by atoms with Crippen molar-refractivity contribution >= 4 is 34.2 Å². The van der Waals surface area contributed by atoms with Gasteiger partial charge in [0.1, 0.15) is 5.82 Å². The maximum Gasteiger partial charge on any atom is 0.227 e. The van der Waals surface area contributed by atoms with E-state index in [-0.39, 0.29) is 17.6 Å². The SMILES string of the molecule is CC1CC(C(=O)Nc2ccc(F)cc2I)CCN1. The zero-order chi connectivity index (χ0) is 13.1. The van der Waals surface area contributed by atoms with E-state index in [0.29, 0.717) is 11.7 Å². The van der Waals surface area contributed by atoms with Crippen LogP contribution in [-0.2, 0) is 4.79 Å². The molecular weight excluding hydrogens is 346 g/mol. The number of rotatable bonds is 2. The fourth-order valence-electron chi connectivity index (χ4n) is 2.20. The van der Waals surface area contributed by atoms with Gasteiger partial charge in [0.2, 0.25) is 5.91 Å². The van der Waals surface area contributed by atoms with Gasteiger partial charge in [-0.3, -0.25) is 4.79 Å². The minimum Gasteiger partial charge on any atom is -0.325 e. The minimum absolute atomic E-state index is 0.0351. The first-order chi connectivity index (χ1) is 8.56. The second-order valence-corrected chi connectivity index (χ2v) is 5.85. The number of benzene rings is 1. The van der Waals surface area contributed by atoms with E-state index in [1.165, 1.54) is 12.1 Å². The highest BCUT2D eigenvalue weighted by atomic mass is 127. The van der Waals surface area contributed by atoms with Gasteiger partial charge in [0.25, 0.3) is 0 Å². The van der Waals surface area contributed by atoms with Crippen molar-refractivity contribution in [2.75, 3.05) is 11.9 Å². The van der Waals surface area contributed by atoms with Gasteiger partial charge in [-0.2, -0.15) is 0 Å². The highest BCUT2D eigenvalue weighted by molar-refractivity contribution is 14.1. The smallest absolute Gasteiger partial charge is 0.227 e. The van der Waals surface area contributed by atoms with E-state index < -0.39 is 0 Å². The van der Waals surface area contributed by atoms with Crippen molar-refractivity contribution in [1.82, 2.24) is 5.32 Å². The van der Waals surface area contributed by atoms with Crippen molar-refractivity contribution in [3.8, 4) is 0 Å². The quantitative estimate of drug-likeness (QED) is 0.795. The highest BCUT2D eigenvalue weighted by Gasteiger charge is 2.24. The van der Waals surface area contributed by atoms with Crippen LogP contribution in [0.3, 0.4) is 0 Å². The van der Waals surface area contributed by atoms with Crippen LogP contribution in [0.2, 0.25) is 0 Å². The number of amides is 1. The lowest BCUT2D eigenvalue weighted by molar-refractivity contribution is -0.120. The van der Waals surface area contributed by atoms with Crippen molar-refractivity contribution in [2.45, 2.75) is 25.8 Å². The number of halogens is 2. The Morgan fingerprint density at radius 2 is 2.33 bits per heavy atom. The van der Waals surface area contributed by atoms with Crippen molar-refractivity contribution < 1.29 is 9.18 Å². The van der Waals surface area contributed by atoms with Gasteiger partial charge in [0.05, 0.1) is 5.69 Å². The Morgan fingerprint density at radius 1 is 1.56 bits per heavy atom. The average Bonchev–Trinajstić information content (AvgIpc) is 2.32. The van der Waals surface area contributed by atoms with Crippen molar-refractivity contribution in [3.63, 3.8) is 0 Å². The monoisotopic (exact) mass is 362 g/mol. The van der Waals surface area contributed by atoms with Gasteiger partial charge in [-0.1, -0.05) is 0 Å². The number of hydrogen-bond acceptors (Lipinski definition) is 2. The molecule has 0 radical (unpaired) electrons. The van der Waals surface area contributed by atoms with Gasteiger partial charge in [-0.25, -0.2) is 4.39 Å². The van der Waals surface area contributed by atoms with E-state index >= 15 is 0 Å². The summed E-state index contributed by atoms with van der Waals surface area (Å²) in [5.74, 6) is -0.206. The van der Waals surface area contributed by atoms with E-state index in [4.69, 9.17) is 0 Å². The van der Waals surface area contributed by atoms with Crippen LogP contribution in [0.25, 0.3) is 0 Å². The molecule has 2 rings (SSSR count). The van der Waals surface area contributed by atoms with Gasteiger partial charge >= 0.3 is 0 Å². The van der Waals surface area contributed by atoms with E-state index in [1.54, 1.807) is 6.07 Å². The lowest BCUT2D eigenvalue weighted by atomic mass is 9.92. The summed E-state index contributed by atoms with van der Waals surface area (Å²) in [5.41, 5.74) is 0.688. The molecule has 0 spiro atoms. The fourth-order valence-corrected chi connectivity index (χ4v) is 2.81. The molecular formula is C13H16FIN2O. The largest absolute Gasteiger partial charge is 0.325 e. The van der Waals surface area contributed by atoms with Crippen LogP contribution in [-0.4, -0.2) is 18.5 Å². The molecule has 2 atom stereocenters. The Morgan fingerprint density at radius 3 is 3.00 bits per heavy atom. The van der Waals surface area contributed by atoms with Gasteiger partial charge in [0.15, 0.2) is 0 Å². The fraction of sp³-hybridized carbons (Fsp3) is 0.462. The number of nitrogens with one attached hydrogen (secondary N) is 2. The number of piperidine rings is 1. The highest BCUT2D eigenvalue weighted by Crippen LogP contribution is 2.22. The molecule has 2 unspecified atom stereocenters. The minimum atomic E-state index is -0.284. The standard InChI is InChI=1S/C13H16FIN2O/c1-8-6-9(4-5-16-8)13(18)17-12-3-2-10(14)7-11(12)15/h2-3,7-9,16H,4-6H2,1H3,(H,17,18). The average molecular weight is 362 g/mol. The second kappa shape index (κ2) is 5.97. The van der Waals surface area contributed by atoms with Crippen LogP contribution in [0.4, 0.5) is 10.1 Å². The Hall–Kier alpha value is -0.690. The van der Waals surface area contributed by atoms with E-state index in [0.717, 1.165) is 23.0 Å². The van der Waals surface area contributed by atoms with Crippen LogP contribution in [0.15, 0.2) is 18.2 Å². The molecule has 1 aliphatic heterocycles. The Balaban J connectivity index is 2.02. The van der Waals surface area contributed by atoms with Crippen LogP contribution in [0.1, 0.15) is 19.8 Å². The normalized spacial score (nSPS) is 23.7. The number of hydrogen-bond donors (Lipinski definition) is 2. The van der Waals surface area contributed by atoms with Crippen molar-refractivity contribution in [3.05, 3.63) is 27.6 Å². The zero-order valence-electron chi connectivity index (χ0n) is 10.2. The molecule has 0 aliphatic carbocycles. The van der Waals surface area contributed by atoms with Gasteiger partial charge in [-0.15, -0.1) is 0 Å². The molecule has 1 aromatic carbocycles. The Bertz CT molecular complexity index is 453. The Kier molecular flexibility index (Phi) is 4.55. The maximum atomic E-state index is 13.0. The first kappa shape index (κ1) is 13.7. The molecule has 1 aliphatic rings. The molecule has 1 saturated heterocycles. The number of anilines is 1. The topological polar surface area (TPSA) is 41.1 Å². The predicted molar refractivity (Wildman–Crippen MR) is 77.9 cm³/mol. The molecule has 2 N–H and O–H groups in total. The summed E-state index contributed by atoms with van der Waals surface area (Å²) in [6.45, 7) is 2.96. The third-order valence-corrected chi connectivity index (χ3v) is 4.08. The molecule has 18 heavy (non-hydrogen) atoms. The molecule has 1 amide bonds. The third kappa shape index (κ3) is 3.41. The van der Waals surface area contributed by atoms with Crippen LogP contribution >= 0.6 is 22.6 Å². The summed E-state index contributed by atoms with van der Waals surface area (Å²) in [5, 5.41) is 6.21.